The zero-order chi connectivity index (χ0) is 24.9. The lowest BCUT2D eigenvalue weighted by molar-refractivity contribution is -0.0158. The van der Waals surface area contributed by atoms with E-state index >= 15 is 0 Å². The number of rotatable bonds is 6. The van der Waals surface area contributed by atoms with Crippen molar-refractivity contribution >= 4 is 11.9 Å². The SMILES string of the molecule is Cc1cc(N(CC23CCC(c4noc(C(C)(F)F)n4)(CC2)C3)C(=O)OCC(C)(C)C)ncc1F. The van der Waals surface area contributed by atoms with Crippen molar-refractivity contribution in [1.29, 1.82) is 0 Å². The minimum atomic E-state index is -3.20. The Balaban J connectivity index is 1.58. The summed E-state index contributed by atoms with van der Waals surface area (Å²) in [4.78, 5) is 22.8. The van der Waals surface area contributed by atoms with Gasteiger partial charge in [-0.3, -0.25) is 4.90 Å². The fourth-order valence-corrected chi connectivity index (χ4v) is 5.07. The van der Waals surface area contributed by atoms with Crippen LogP contribution in [0.2, 0.25) is 0 Å². The number of hydrogen-bond donors (Lipinski definition) is 0. The highest BCUT2D eigenvalue weighted by atomic mass is 19.3. The monoisotopic (exact) mass is 480 g/mol. The predicted molar refractivity (Wildman–Crippen MR) is 118 cm³/mol. The van der Waals surface area contributed by atoms with Crippen LogP contribution in [0.1, 0.15) is 77.1 Å². The van der Waals surface area contributed by atoms with Crippen LogP contribution in [0.5, 0.6) is 0 Å². The van der Waals surface area contributed by atoms with Crippen LogP contribution in [-0.2, 0) is 16.1 Å². The summed E-state index contributed by atoms with van der Waals surface area (Å²) < 4.78 is 51.6. The second kappa shape index (κ2) is 8.23. The molecule has 7 nitrogen and oxygen atoms in total. The molecule has 2 saturated carbocycles. The van der Waals surface area contributed by atoms with Crippen molar-refractivity contribution in [3.05, 3.63) is 35.4 Å². The van der Waals surface area contributed by atoms with Gasteiger partial charge in [0.2, 0.25) is 0 Å². The van der Waals surface area contributed by atoms with Gasteiger partial charge in [0.15, 0.2) is 5.82 Å². The van der Waals surface area contributed by atoms with Gasteiger partial charge in [-0.15, -0.1) is 0 Å². The van der Waals surface area contributed by atoms with Crippen LogP contribution in [0.4, 0.5) is 23.8 Å². The van der Waals surface area contributed by atoms with Crippen molar-refractivity contribution in [2.24, 2.45) is 10.8 Å². The van der Waals surface area contributed by atoms with E-state index in [1.54, 1.807) is 6.92 Å². The van der Waals surface area contributed by atoms with E-state index in [2.05, 4.69) is 15.1 Å². The molecule has 2 aliphatic carbocycles. The normalized spacial score (nSPS) is 24.5. The second-order valence-corrected chi connectivity index (χ2v) is 11.3. The molecule has 0 saturated heterocycles. The number of hydrogen-bond acceptors (Lipinski definition) is 6. The molecule has 0 unspecified atom stereocenters. The first-order chi connectivity index (χ1) is 15.7. The lowest BCUT2D eigenvalue weighted by atomic mass is 9.81. The molecule has 186 valence electrons. The fourth-order valence-electron chi connectivity index (χ4n) is 5.07. The molecule has 0 radical (unpaired) electrons. The zero-order valence-corrected chi connectivity index (χ0v) is 20.3. The van der Waals surface area contributed by atoms with E-state index in [0.29, 0.717) is 43.0 Å². The molecule has 0 aromatic carbocycles. The smallest absolute Gasteiger partial charge is 0.415 e. The largest absolute Gasteiger partial charge is 0.449 e. The number of alkyl halides is 2. The second-order valence-electron chi connectivity index (χ2n) is 11.3. The highest BCUT2D eigenvalue weighted by molar-refractivity contribution is 5.86. The maximum Gasteiger partial charge on any atom is 0.415 e. The van der Waals surface area contributed by atoms with Gasteiger partial charge in [0.25, 0.3) is 5.89 Å². The van der Waals surface area contributed by atoms with E-state index in [4.69, 9.17) is 9.26 Å². The Labute approximate surface area is 197 Å². The van der Waals surface area contributed by atoms with Crippen LogP contribution in [0, 0.1) is 23.6 Å². The van der Waals surface area contributed by atoms with Gasteiger partial charge in [0.1, 0.15) is 11.6 Å². The number of amides is 1. The molecule has 10 heteroatoms. The number of anilines is 1. The number of nitrogens with zero attached hydrogens (tertiary/aromatic N) is 4. The predicted octanol–water partition coefficient (Wildman–Crippen LogP) is 5.92. The van der Waals surface area contributed by atoms with Gasteiger partial charge >= 0.3 is 12.0 Å². The summed E-state index contributed by atoms with van der Waals surface area (Å²) in [6, 6.07) is 1.54. The van der Waals surface area contributed by atoms with Crippen molar-refractivity contribution in [1.82, 2.24) is 15.1 Å². The molecule has 0 spiro atoms. The van der Waals surface area contributed by atoms with Gasteiger partial charge in [-0.2, -0.15) is 13.8 Å². The molecule has 2 aromatic heterocycles. The highest BCUT2D eigenvalue weighted by Gasteiger charge is 2.58. The Kier molecular flexibility index (Phi) is 5.93. The molecule has 0 N–H and O–H groups in total. The summed E-state index contributed by atoms with van der Waals surface area (Å²) in [5.74, 6) is -3.70. The zero-order valence-electron chi connectivity index (χ0n) is 20.3. The summed E-state index contributed by atoms with van der Waals surface area (Å²) in [6.45, 7) is 8.78. The number of ether oxygens (including phenoxy) is 1. The summed E-state index contributed by atoms with van der Waals surface area (Å²) in [5.41, 5.74) is -0.581. The minimum absolute atomic E-state index is 0.219. The topological polar surface area (TPSA) is 81.4 Å². The Morgan fingerprint density at radius 1 is 1.21 bits per heavy atom. The molecular weight excluding hydrogens is 449 g/mol. The van der Waals surface area contributed by atoms with Crippen molar-refractivity contribution < 1.29 is 27.2 Å². The van der Waals surface area contributed by atoms with E-state index in [-0.39, 0.29) is 17.4 Å². The Morgan fingerprint density at radius 3 is 2.44 bits per heavy atom. The molecule has 2 heterocycles. The lowest BCUT2D eigenvalue weighted by Gasteiger charge is -2.33. The molecule has 0 aliphatic heterocycles. The number of aryl methyl sites for hydroxylation is 1. The molecule has 2 fully saturated rings. The summed E-state index contributed by atoms with van der Waals surface area (Å²) in [6.07, 6.45) is 4.15. The number of fused-ring (bicyclic) bond motifs is 2. The maximum absolute atomic E-state index is 13.9. The van der Waals surface area contributed by atoms with Gasteiger partial charge in [0.05, 0.1) is 12.8 Å². The van der Waals surface area contributed by atoms with Crippen molar-refractivity contribution in [3.63, 3.8) is 0 Å². The van der Waals surface area contributed by atoms with E-state index in [0.717, 1.165) is 26.0 Å². The van der Waals surface area contributed by atoms with E-state index < -0.39 is 29.1 Å². The maximum atomic E-state index is 13.9. The molecule has 2 bridgehead atoms. The van der Waals surface area contributed by atoms with Crippen LogP contribution in [0.3, 0.4) is 0 Å². The Bertz CT molecular complexity index is 1070. The fraction of sp³-hybridized carbons (Fsp3) is 0.667. The molecule has 1 amide bonds. The molecule has 2 aromatic rings. The minimum Gasteiger partial charge on any atom is -0.449 e. The lowest BCUT2D eigenvalue weighted by Crippen LogP contribution is -2.41. The van der Waals surface area contributed by atoms with Crippen molar-refractivity contribution in [2.45, 2.75) is 78.1 Å². The van der Waals surface area contributed by atoms with Gasteiger partial charge in [0, 0.05) is 18.9 Å². The average Bonchev–Trinajstić information content (AvgIpc) is 3.46. The third-order valence-corrected chi connectivity index (χ3v) is 6.91. The number of pyridine rings is 1. The van der Waals surface area contributed by atoms with Crippen LogP contribution in [0.15, 0.2) is 16.8 Å². The number of aromatic nitrogens is 3. The summed E-state index contributed by atoms with van der Waals surface area (Å²) >= 11 is 0. The van der Waals surface area contributed by atoms with Crippen LogP contribution in [-0.4, -0.2) is 34.4 Å². The third-order valence-electron chi connectivity index (χ3n) is 6.91. The van der Waals surface area contributed by atoms with Crippen LogP contribution in [0.25, 0.3) is 0 Å². The highest BCUT2D eigenvalue weighted by Crippen LogP contribution is 2.62. The van der Waals surface area contributed by atoms with Gasteiger partial charge < -0.3 is 9.26 Å². The van der Waals surface area contributed by atoms with Crippen LogP contribution >= 0.6 is 0 Å². The number of carbonyl (C=O) groups excluding carboxylic acids is 1. The van der Waals surface area contributed by atoms with E-state index in [1.165, 1.54) is 11.0 Å². The Morgan fingerprint density at radius 2 is 1.88 bits per heavy atom. The third kappa shape index (κ3) is 4.77. The van der Waals surface area contributed by atoms with Crippen molar-refractivity contribution in [3.8, 4) is 0 Å². The first-order valence-corrected chi connectivity index (χ1v) is 11.5. The van der Waals surface area contributed by atoms with E-state index in [9.17, 15) is 18.0 Å². The molecule has 2 aliphatic rings. The first kappa shape index (κ1) is 24.5. The standard InChI is InChI=1S/C24H31F3N4O3/c1-15-10-17(28-11-16(15)25)31(20(32)33-14-21(2,3)4)13-23-6-8-24(12-23,9-7-23)18-29-19(34-30-18)22(5,26)27/h10-11H,6-9,12-14H2,1-5H3. The van der Waals surface area contributed by atoms with Gasteiger partial charge in [-0.1, -0.05) is 25.9 Å². The molecular formula is C24H31F3N4O3. The molecule has 0 atom stereocenters. The summed E-state index contributed by atoms with van der Waals surface area (Å²) in [7, 11) is 0. The first-order valence-electron chi connectivity index (χ1n) is 11.5. The average molecular weight is 481 g/mol. The van der Waals surface area contributed by atoms with Crippen LogP contribution < -0.4 is 4.90 Å². The quantitative estimate of drug-likeness (QED) is 0.511. The van der Waals surface area contributed by atoms with Crippen molar-refractivity contribution in [2.75, 3.05) is 18.1 Å². The number of halogens is 3. The summed E-state index contributed by atoms with van der Waals surface area (Å²) in [5, 5.41) is 3.89. The molecule has 4 rings (SSSR count). The number of carbonyl (C=O) groups is 1. The van der Waals surface area contributed by atoms with E-state index in [1.807, 2.05) is 20.8 Å². The Hall–Kier alpha value is -2.65. The van der Waals surface area contributed by atoms with Gasteiger partial charge in [-0.05, 0) is 61.5 Å². The molecule has 34 heavy (non-hydrogen) atoms. The van der Waals surface area contributed by atoms with Gasteiger partial charge in [-0.25, -0.2) is 14.2 Å².